The quantitative estimate of drug-likeness (QED) is 0.669. The van der Waals surface area contributed by atoms with Crippen LogP contribution in [0.15, 0.2) is 12.1 Å². The van der Waals surface area contributed by atoms with Crippen molar-refractivity contribution in [2.24, 2.45) is 0 Å². The summed E-state index contributed by atoms with van der Waals surface area (Å²) in [7, 11) is 0. The van der Waals surface area contributed by atoms with Gasteiger partial charge in [0.1, 0.15) is 5.82 Å². The summed E-state index contributed by atoms with van der Waals surface area (Å²) < 4.78 is 38.1. The molecule has 0 atom stereocenters. The molecule has 0 bridgehead atoms. The summed E-state index contributed by atoms with van der Waals surface area (Å²) in [5, 5.41) is 9.47. The van der Waals surface area contributed by atoms with Gasteiger partial charge in [-0.05, 0) is 18.9 Å². The zero-order chi connectivity index (χ0) is 9.64. The lowest BCUT2D eigenvalue weighted by Crippen LogP contribution is -2.08. The number of hydrogen-bond acceptors (Lipinski definition) is 1. The third-order valence-electron chi connectivity index (χ3n) is 2.23. The van der Waals surface area contributed by atoms with Crippen LogP contribution in [0.5, 0.6) is 0 Å². The Morgan fingerprint density at radius 2 is 1.54 bits per heavy atom. The molecule has 0 amide bonds. The fraction of sp³-hybridized carbons (Fsp3) is 0.333. The highest BCUT2D eigenvalue weighted by molar-refractivity contribution is 5.30. The second-order valence-corrected chi connectivity index (χ2v) is 3.28. The molecule has 0 heterocycles. The van der Waals surface area contributed by atoms with Crippen molar-refractivity contribution in [2.75, 3.05) is 0 Å². The minimum atomic E-state index is -1.27. The third kappa shape index (κ3) is 1.31. The van der Waals surface area contributed by atoms with E-state index in [1.807, 2.05) is 0 Å². The molecule has 1 nitrogen and oxygen atoms in total. The highest BCUT2D eigenvalue weighted by Crippen LogP contribution is 2.46. The lowest BCUT2D eigenvalue weighted by molar-refractivity contribution is 0.146. The first-order chi connectivity index (χ1) is 6.03. The Balaban J connectivity index is 2.52. The van der Waals surface area contributed by atoms with E-state index in [1.165, 1.54) is 0 Å². The molecule has 0 radical (unpaired) electrons. The van der Waals surface area contributed by atoms with Gasteiger partial charge in [-0.1, -0.05) is 0 Å². The minimum absolute atomic E-state index is 0.147. The zero-order valence-electron chi connectivity index (χ0n) is 6.65. The molecule has 13 heavy (non-hydrogen) atoms. The van der Waals surface area contributed by atoms with E-state index < -0.39 is 23.1 Å². The molecule has 1 aromatic carbocycles. The van der Waals surface area contributed by atoms with Gasteiger partial charge in [-0.25, -0.2) is 13.2 Å². The molecule has 1 aromatic rings. The van der Waals surface area contributed by atoms with Gasteiger partial charge in [-0.2, -0.15) is 0 Å². The molecule has 1 saturated carbocycles. The van der Waals surface area contributed by atoms with Crippen molar-refractivity contribution in [3.63, 3.8) is 0 Å². The molecule has 1 N–H and O–H groups in total. The molecule has 1 aliphatic carbocycles. The Morgan fingerprint density at radius 3 is 2.08 bits per heavy atom. The summed E-state index contributed by atoms with van der Waals surface area (Å²) in [6.45, 7) is 0. The second-order valence-electron chi connectivity index (χ2n) is 3.28. The van der Waals surface area contributed by atoms with E-state index in [0.29, 0.717) is 18.9 Å². The van der Waals surface area contributed by atoms with Crippen LogP contribution in [0.2, 0.25) is 0 Å². The van der Waals surface area contributed by atoms with Crippen molar-refractivity contribution in [1.82, 2.24) is 0 Å². The first-order valence-electron chi connectivity index (χ1n) is 3.90. The maximum Gasteiger partial charge on any atom is 0.161 e. The average molecular weight is 188 g/mol. The van der Waals surface area contributed by atoms with Gasteiger partial charge in [0, 0.05) is 11.6 Å². The maximum absolute atomic E-state index is 13.0. The van der Waals surface area contributed by atoms with Crippen molar-refractivity contribution in [3.8, 4) is 0 Å². The Bertz CT molecular complexity index is 358. The number of hydrogen-bond donors (Lipinski definition) is 1. The van der Waals surface area contributed by atoms with E-state index in [4.69, 9.17) is 0 Å². The van der Waals surface area contributed by atoms with Gasteiger partial charge in [0.15, 0.2) is 11.6 Å². The molecule has 0 aromatic heterocycles. The Labute approximate surface area is 72.8 Å². The van der Waals surface area contributed by atoms with Crippen LogP contribution in [0.25, 0.3) is 0 Å². The average Bonchev–Trinajstić information content (AvgIpc) is 2.77. The number of benzene rings is 1. The van der Waals surface area contributed by atoms with Crippen molar-refractivity contribution in [2.45, 2.75) is 18.4 Å². The van der Waals surface area contributed by atoms with Crippen LogP contribution in [0.4, 0.5) is 13.2 Å². The van der Waals surface area contributed by atoms with E-state index in [9.17, 15) is 18.3 Å². The molecule has 70 valence electrons. The third-order valence-corrected chi connectivity index (χ3v) is 2.23. The highest BCUT2D eigenvalue weighted by atomic mass is 19.2. The summed E-state index contributed by atoms with van der Waals surface area (Å²) >= 11 is 0. The molecule has 1 aliphatic rings. The molecule has 0 saturated heterocycles. The smallest absolute Gasteiger partial charge is 0.161 e. The van der Waals surface area contributed by atoms with Crippen molar-refractivity contribution in [3.05, 3.63) is 35.1 Å². The van der Waals surface area contributed by atoms with Crippen LogP contribution < -0.4 is 0 Å². The molecule has 0 aliphatic heterocycles. The summed E-state index contributed by atoms with van der Waals surface area (Å²) in [4.78, 5) is 0. The lowest BCUT2D eigenvalue weighted by Gasteiger charge is -2.09. The van der Waals surface area contributed by atoms with Crippen LogP contribution in [-0.4, -0.2) is 5.11 Å². The Kier molecular flexibility index (Phi) is 1.63. The number of aliphatic hydroxyl groups is 1. The van der Waals surface area contributed by atoms with Crippen molar-refractivity contribution in [1.29, 1.82) is 0 Å². The van der Waals surface area contributed by atoms with Crippen LogP contribution in [-0.2, 0) is 5.60 Å². The van der Waals surface area contributed by atoms with Gasteiger partial charge in [-0.15, -0.1) is 0 Å². The van der Waals surface area contributed by atoms with E-state index in [0.717, 1.165) is 6.07 Å². The first-order valence-corrected chi connectivity index (χ1v) is 3.90. The van der Waals surface area contributed by atoms with Crippen LogP contribution in [0, 0.1) is 17.5 Å². The topological polar surface area (TPSA) is 20.2 Å². The zero-order valence-corrected chi connectivity index (χ0v) is 6.65. The van der Waals surface area contributed by atoms with Crippen LogP contribution >= 0.6 is 0 Å². The monoisotopic (exact) mass is 188 g/mol. The summed E-state index contributed by atoms with van der Waals surface area (Å²) in [6.07, 6.45) is 0.796. The predicted molar refractivity (Wildman–Crippen MR) is 39.4 cm³/mol. The van der Waals surface area contributed by atoms with Crippen LogP contribution in [0.1, 0.15) is 18.4 Å². The molecule has 4 heteroatoms. The van der Waals surface area contributed by atoms with Gasteiger partial charge in [-0.3, -0.25) is 0 Å². The first kappa shape index (κ1) is 8.56. The molecular weight excluding hydrogens is 181 g/mol. The van der Waals surface area contributed by atoms with Gasteiger partial charge >= 0.3 is 0 Å². The van der Waals surface area contributed by atoms with Gasteiger partial charge < -0.3 is 5.11 Å². The predicted octanol–water partition coefficient (Wildman–Crippen LogP) is 2.09. The second kappa shape index (κ2) is 2.48. The highest BCUT2D eigenvalue weighted by Gasteiger charge is 2.44. The fourth-order valence-corrected chi connectivity index (χ4v) is 1.27. The summed E-state index contributed by atoms with van der Waals surface area (Å²) in [5.41, 5.74) is -1.41. The molecule has 0 spiro atoms. The maximum atomic E-state index is 13.0. The number of halogens is 3. The van der Waals surface area contributed by atoms with E-state index >= 15 is 0 Å². The SMILES string of the molecule is OC1(c2cc(F)c(F)cc2F)CC1. The van der Waals surface area contributed by atoms with E-state index in [-0.39, 0.29) is 5.56 Å². The van der Waals surface area contributed by atoms with Gasteiger partial charge in [0.25, 0.3) is 0 Å². The van der Waals surface area contributed by atoms with Crippen molar-refractivity contribution >= 4 is 0 Å². The normalized spacial score (nSPS) is 18.8. The summed E-state index contributed by atoms with van der Waals surface area (Å²) in [6, 6.07) is 1.18. The summed E-state index contributed by atoms with van der Waals surface area (Å²) in [5.74, 6) is -3.25. The molecule has 1 fully saturated rings. The standard InChI is InChI=1S/C9H7F3O/c10-6-4-8(12)7(11)3-5(6)9(13)1-2-9/h3-4,13H,1-2H2. The number of rotatable bonds is 1. The molecule has 0 unspecified atom stereocenters. The largest absolute Gasteiger partial charge is 0.385 e. The van der Waals surface area contributed by atoms with E-state index in [2.05, 4.69) is 0 Å². The Hall–Kier alpha value is -1.03. The fourth-order valence-electron chi connectivity index (χ4n) is 1.27. The van der Waals surface area contributed by atoms with Crippen molar-refractivity contribution < 1.29 is 18.3 Å². The van der Waals surface area contributed by atoms with Gasteiger partial charge in [0.05, 0.1) is 5.60 Å². The minimum Gasteiger partial charge on any atom is -0.385 e. The van der Waals surface area contributed by atoms with Gasteiger partial charge in [0.2, 0.25) is 0 Å². The van der Waals surface area contributed by atoms with E-state index in [1.54, 1.807) is 0 Å². The lowest BCUT2D eigenvalue weighted by atomic mass is 10.1. The van der Waals surface area contributed by atoms with Crippen LogP contribution in [0.3, 0.4) is 0 Å². The molecule has 2 rings (SSSR count). The molecular formula is C9H7F3O. The Morgan fingerprint density at radius 1 is 1.00 bits per heavy atom.